The highest BCUT2D eigenvalue weighted by atomic mass is 32.1. The van der Waals surface area contributed by atoms with Gasteiger partial charge in [0.2, 0.25) is 0 Å². The van der Waals surface area contributed by atoms with Crippen molar-refractivity contribution in [3.63, 3.8) is 0 Å². The molecule has 4 nitrogen and oxygen atoms in total. The molecule has 1 aromatic heterocycles. The average molecular weight is 281 g/mol. The summed E-state index contributed by atoms with van der Waals surface area (Å²) in [6.07, 6.45) is 1.93. The molecule has 19 heavy (non-hydrogen) atoms. The number of nitrogens with two attached hydrogens (primary N) is 1. The van der Waals surface area contributed by atoms with Gasteiger partial charge in [0.15, 0.2) is 0 Å². The molecule has 0 aromatic carbocycles. The summed E-state index contributed by atoms with van der Waals surface area (Å²) in [6.45, 7) is 8.65. The van der Waals surface area contributed by atoms with Crippen LogP contribution >= 0.6 is 11.3 Å². The summed E-state index contributed by atoms with van der Waals surface area (Å²) in [5.74, 6) is 0.629. The Hall–Kier alpha value is -0.940. The molecule has 1 aliphatic rings. The van der Waals surface area contributed by atoms with Gasteiger partial charge in [-0.15, -0.1) is 11.3 Å². The first-order chi connectivity index (χ1) is 8.93. The smallest absolute Gasteiger partial charge is 0.273 e. The summed E-state index contributed by atoms with van der Waals surface area (Å²) in [4.78, 5) is 18.7. The molecule has 0 unspecified atom stereocenters. The van der Waals surface area contributed by atoms with Crippen LogP contribution in [0.1, 0.15) is 42.7 Å². The Morgan fingerprint density at radius 3 is 2.95 bits per heavy atom. The molecule has 2 rings (SSSR count). The minimum atomic E-state index is 0.0587. The molecule has 0 spiro atoms. The molecule has 1 aliphatic heterocycles. The summed E-state index contributed by atoms with van der Waals surface area (Å²) < 4.78 is 0. The van der Waals surface area contributed by atoms with Gasteiger partial charge in [-0.25, -0.2) is 4.98 Å². The fourth-order valence-electron chi connectivity index (χ4n) is 2.38. The van der Waals surface area contributed by atoms with Gasteiger partial charge >= 0.3 is 0 Å². The third-order valence-electron chi connectivity index (χ3n) is 3.69. The molecule has 0 radical (unpaired) electrons. The number of carbonyl (C=O) groups is 1. The van der Waals surface area contributed by atoms with E-state index in [4.69, 9.17) is 5.73 Å². The van der Waals surface area contributed by atoms with E-state index >= 15 is 0 Å². The molecular formula is C14H23N3OS. The zero-order valence-electron chi connectivity index (χ0n) is 12.0. The second-order valence-corrected chi connectivity index (χ2v) is 7.16. The standard InChI is InChI=1S/C14H23N3OS/c1-10(2)6-12-16-11(7-19-12)13(18)17-5-4-14(3,8-15)9-17/h7,10H,4-6,8-9,15H2,1-3H3/t14-/m1/s1. The Morgan fingerprint density at radius 2 is 2.37 bits per heavy atom. The predicted molar refractivity (Wildman–Crippen MR) is 78.3 cm³/mol. The number of thiazole rings is 1. The maximum absolute atomic E-state index is 12.4. The second kappa shape index (κ2) is 5.59. The molecule has 2 heterocycles. The Morgan fingerprint density at radius 1 is 1.63 bits per heavy atom. The maximum atomic E-state index is 12.4. The predicted octanol–water partition coefficient (Wildman–Crippen LogP) is 2.15. The van der Waals surface area contributed by atoms with E-state index in [1.54, 1.807) is 11.3 Å². The third-order valence-corrected chi connectivity index (χ3v) is 4.56. The van der Waals surface area contributed by atoms with Gasteiger partial charge in [0.1, 0.15) is 5.69 Å². The van der Waals surface area contributed by atoms with Crippen molar-refractivity contribution in [1.82, 2.24) is 9.88 Å². The van der Waals surface area contributed by atoms with Crippen LogP contribution in [-0.4, -0.2) is 35.4 Å². The summed E-state index contributed by atoms with van der Waals surface area (Å²) in [5.41, 5.74) is 6.45. The molecular weight excluding hydrogens is 258 g/mol. The first kappa shape index (κ1) is 14.5. The highest BCUT2D eigenvalue weighted by molar-refractivity contribution is 7.09. The monoisotopic (exact) mass is 281 g/mol. The lowest BCUT2D eigenvalue weighted by Gasteiger charge is -2.22. The largest absolute Gasteiger partial charge is 0.337 e. The summed E-state index contributed by atoms with van der Waals surface area (Å²) in [7, 11) is 0. The number of nitrogens with zero attached hydrogens (tertiary/aromatic N) is 2. The van der Waals surface area contributed by atoms with Crippen LogP contribution in [0, 0.1) is 11.3 Å². The third kappa shape index (κ3) is 3.34. The number of rotatable bonds is 4. The molecule has 1 aromatic rings. The SMILES string of the molecule is CC(C)Cc1nc(C(=O)N2CC[C@](C)(CN)C2)cs1. The lowest BCUT2D eigenvalue weighted by Crippen LogP contribution is -2.34. The number of carbonyl (C=O) groups excluding carboxylic acids is 1. The van der Waals surface area contributed by atoms with E-state index in [-0.39, 0.29) is 11.3 Å². The molecule has 0 bridgehead atoms. The molecule has 5 heteroatoms. The lowest BCUT2D eigenvalue weighted by molar-refractivity contribution is 0.0771. The fraction of sp³-hybridized carbons (Fsp3) is 0.714. The van der Waals surface area contributed by atoms with Crippen molar-refractivity contribution in [2.24, 2.45) is 17.1 Å². The Bertz CT molecular complexity index is 457. The van der Waals surface area contributed by atoms with Crippen molar-refractivity contribution in [3.05, 3.63) is 16.1 Å². The highest BCUT2D eigenvalue weighted by Gasteiger charge is 2.35. The quantitative estimate of drug-likeness (QED) is 0.920. The van der Waals surface area contributed by atoms with Crippen LogP contribution in [0.15, 0.2) is 5.38 Å². The second-order valence-electron chi connectivity index (χ2n) is 6.22. The summed E-state index contributed by atoms with van der Waals surface area (Å²) in [5, 5.41) is 2.94. The van der Waals surface area contributed by atoms with Crippen LogP contribution in [0.5, 0.6) is 0 Å². The van der Waals surface area contributed by atoms with Gasteiger partial charge in [0, 0.05) is 24.9 Å². The number of hydrogen-bond donors (Lipinski definition) is 1. The minimum absolute atomic E-state index is 0.0587. The van der Waals surface area contributed by atoms with Gasteiger partial charge in [0.25, 0.3) is 5.91 Å². The van der Waals surface area contributed by atoms with Crippen LogP contribution in [0.25, 0.3) is 0 Å². The van der Waals surface area contributed by atoms with Crippen molar-refractivity contribution >= 4 is 17.2 Å². The topological polar surface area (TPSA) is 59.2 Å². The Kier molecular flexibility index (Phi) is 4.26. The molecule has 1 amide bonds. The highest BCUT2D eigenvalue weighted by Crippen LogP contribution is 2.29. The zero-order valence-corrected chi connectivity index (χ0v) is 12.8. The first-order valence-electron chi connectivity index (χ1n) is 6.87. The zero-order chi connectivity index (χ0) is 14.0. The number of aromatic nitrogens is 1. The van der Waals surface area contributed by atoms with Gasteiger partial charge in [0.05, 0.1) is 5.01 Å². The van der Waals surface area contributed by atoms with Crippen LogP contribution in [0.3, 0.4) is 0 Å². The van der Waals surface area contributed by atoms with Gasteiger partial charge in [-0.2, -0.15) is 0 Å². The normalized spacial score (nSPS) is 23.3. The molecule has 0 saturated carbocycles. The molecule has 2 N–H and O–H groups in total. The van der Waals surface area contributed by atoms with Crippen molar-refractivity contribution in [1.29, 1.82) is 0 Å². The van der Waals surface area contributed by atoms with Crippen LogP contribution in [-0.2, 0) is 6.42 Å². The van der Waals surface area contributed by atoms with E-state index in [2.05, 4.69) is 25.8 Å². The number of likely N-dealkylation sites (tertiary alicyclic amines) is 1. The van der Waals surface area contributed by atoms with Crippen molar-refractivity contribution in [2.45, 2.75) is 33.6 Å². The molecule has 1 atom stereocenters. The van der Waals surface area contributed by atoms with Gasteiger partial charge < -0.3 is 10.6 Å². The van der Waals surface area contributed by atoms with Crippen molar-refractivity contribution in [3.8, 4) is 0 Å². The van der Waals surface area contributed by atoms with Crippen molar-refractivity contribution in [2.75, 3.05) is 19.6 Å². The van der Waals surface area contributed by atoms with E-state index in [1.807, 2.05) is 10.3 Å². The molecule has 1 saturated heterocycles. The van der Waals surface area contributed by atoms with E-state index in [0.717, 1.165) is 30.9 Å². The van der Waals surface area contributed by atoms with Crippen molar-refractivity contribution < 1.29 is 4.79 Å². The Labute approximate surface area is 119 Å². The van der Waals surface area contributed by atoms with E-state index < -0.39 is 0 Å². The van der Waals surface area contributed by atoms with E-state index in [1.165, 1.54) is 0 Å². The van der Waals surface area contributed by atoms with Crippen LogP contribution < -0.4 is 5.73 Å². The van der Waals surface area contributed by atoms with E-state index in [0.29, 0.717) is 18.2 Å². The average Bonchev–Trinajstić information content (AvgIpc) is 2.95. The molecule has 106 valence electrons. The van der Waals surface area contributed by atoms with Gasteiger partial charge in [-0.05, 0) is 24.3 Å². The Balaban J connectivity index is 2.02. The molecule has 1 fully saturated rings. The van der Waals surface area contributed by atoms with Crippen LogP contribution in [0.4, 0.5) is 0 Å². The van der Waals surface area contributed by atoms with Gasteiger partial charge in [-0.3, -0.25) is 4.79 Å². The van der Waals surface area contributed by atoms with Gasteiger partial charge in [-0.1, -0.05) is 20.8 Å². The number of amides is 1. The minimum Gasteiger partial charge on any atom is -0.337 e. The summed E-state index contributed by atoms with van der Waals surface area (Å²) >= 11 is 1.59. The van der Waals surface area contributed by atoms with E-state index in [9.17, 15) is 4.79 Å². The lowest BCUT2D eigenvalue weighted by atomic mass is 9.90. The first-order valence-corrected chi connectivity index (χ1v) is 7.75. The summed E-state index contributed by atoms with van der Waals surface area (Å²) in [6, 6.07) is 0. The van der Waals surface area contributed by atoms with Crippen LogP contribution in [0.2, 0.25) is 0 Å². The fourth-order valence-corrected chi connectivity index (χ4v) is 3.36. The maximum Gasteiger partial charge on any atom is 0.273 e. The number of hydrogen-bond acceptors (Lipinski definition) is 4. The molecule has 0 aliphatic carbocycles.